The van der Waals surface area contributed by atoms with E-state index in [4.69, 9.17) is 9.47 Å². The first kappa shape index (κ1) is 16.0. The Hall–Kier alpha value is -2.48. The molecule has 130 valence electrons. The minimum absolute atomic E-state index is 0.0859. The molecule has 0 saturated carbocycles. The summed E-state index contributed by atoms with van der Waals surface area (Å²) in [5, 5.41) is 3.30. The lowest BCUT2D eigenvalue weighted by Gasteiger charge is -2.18. The van der Waals surface area contributed by atoms with E-state index in [9.17, 15) is 9.59 Å². The van der Waals surface area contributed by atoms with E-state index in [-0.39, 0.29) is 17.2 Å². The largest absolute Gasteiger partial charge is 0.486 e. The average Bonchev–Trinajstić information content (AvgIpc) is 3.09. The highest BCUT2D eigenvalue weighted by atomic mass is 32.2. The lowest BCUT2D eigenvalue weighted by atomic mass is 10.2. The number of carbonyl (C=O) groups excluding carboxylic acids is 1. The van der Waals surface area contributed by atoms with Gasteiger partial charge in [0.25, 0.3) is 5.56 Å². The number of fused-ring (bicyclic) bond motifs is 2. The number of thioether (sulfide) groups is 1. The van der Waals surface area contributed by atoms with Gasteiger partial charge in [-0.05, 0) is 31.4 Å². The minimum atomic E-state index is -0.176. The summed E-state index contributed by atoms with van der Waals surface area (Å²) < 4.78 is 11.0. The van der Waals surface area contributed by atoms with Crippen molar-refractivity contribution < 1.29 is 14.3 Å². The Bertz CT molecular complexity index is 881. The fraction of sp³-hybridized carbons (Fsp3) is 0.353. The molecule has 1 aromatic carbocycles. The second-order valence-electron chi connectivity index (χ2n) is 5.85. The van der Waals surface area contributed by atoms with Crippen LogP contribution in [0.3, 0.4) is 0 Å². The van der Waals surface area contributed by atoms with Gasteiger partial charge in [0.2, 0.25) is 5.91 Å². The van der Waals surface area contributed by atoms with Crippen LogP contribution in [-0.2, 0) is 17.6 Å². The molecule has 25 heavy (non-hydrogen) atoms. The number of carbonyl (C=O) groups is 1. The van der Waals surface area contributed by atoms with Crippen LogP contribution in [0.1, 0.15) is 17.7 Å². The molecule has 0 radical (unpaired) electrons. The number of aryl methyl sites for hydroxylation is 1. The van der Waals surface area contributed by atoms with Crippen LogP contribution in [0.5, 0.6) is 11.5 Å². The molecule has 8 heteroatoms. The monoisotopic (exact) mass is 359 g/mol. The Morgan fingerprint density at radius 1 is 1.24 bits per heavy atom. The van der Waals surface area contributed by atoms with Gasteiger partial charge >= 0.3 is 0 Å². The van der Waals surface area contributed by atoms with E-state index in [1.54, 1.807) is 18.2 Å². The lowest BCUT2D eigenvalue weighted by Crippen LogP contribution is -2.18. The molecule has 2 N–H and O–H groups in total. The lowest BCUT2D eigenvalue weighted by molar-refractivity contribution is -0.113. The predicted molar refractivity (Wildman–Crippen MR) is 93.7 cm³/mol. The second-order valence-corrected chi connectivity index (χ2v) is 6.81. The molecule has 4 rings (SSSR count). The first-order valence-electron chi connectivity index (χ1n) is 8.13. The van der Waals surface area contributed by atoms with Crippen molar-refractivity contribution in [2.45, 2.75) is 24.4 Å². The van der Waals surface area contributed by atoms with Gasteiger partial charge in [-0.15, -0.1) is 0 Å². The van der Waals surface area contributed by atoms with Gasteiger partial charge in [0.1, 0.15) is 13.2 Å². The molecule has 0 atom stereocenters. The smallest absolute Gasteiger partial charge is 0.254 e. The molecule has 2 aromatic rings. The molecule has 2 heterocycles. The van der Waals surface area contributed by atoms with E-state index in [1.807, 2.05) is 0 Å². The number of aromatic nitrogens is 2. The van der Waals surface area contributed by atoms with Crippen molar-refractivity contribution >= 4 is 23.4 Å². The zero-order valence-corrected chi connectivity index (χ0v) is 14.3. The van der Waals surface area contributed by atoms with E-state index < -0.39 is 0 Å². The third kappa shape index (κ3) is 3.48. The van der Waals surface area contributed by atoms with E-state index in [0.29, 0.717) is 35.6 Å². The van der Waals surface area contributed by atoms with Crippen LogP contribution in [0.2, 0.25) is 0 Å². The number of nitrogens with one attached hydrogen (secondary N) is 2. The number of nitrogens with zero attached hydrogens (tertiary/aromatic N) is 1. The van der Waals surface area contributed by atoms with Crippen LogP contribution in [-0.4, -0.2) is 34.8 Å². The van der Waals surface area contributed by atoms with E-state index in [2.05, 4.69) is 15.3 Å². The Balaban J connectivity index is 1.38. The molecule has 1 aliphatic heterocycles. The molecule has 0 fully saturated rings. The standard InChI is InChI=1S/C17H17N3O4S/c21-15(18-10-4-5-13-14(8-10)24-7-6-23-13)9-25-17-19-12-3-1-2-11(12)16(22)20-17/h4-5,8H,1-3,6-7,9H2,(H,18,21)(H,19,20,22). The van der Waals surface area contributed by atoms with Crippen molar-refractivity contribution in [2.75, 3.05) is 24.3 Å². The molecule has 0 unspecified atom stereocenters. The van der Waals surface area contributed by atoms with Gasteiger partial charge in [-0.2, -0.15) is 0 Å². The third-order valence-electron chi connectivity index (χ3n) is 4.09. The van der Waals surface area contributed by atoms with E-state index in [0.717, 1.165) is 30.5 Å². The predicted octanol–water partition coefficient (Wildman–Crippen LogP) is 1.76. The Labute approximate surface area is 148 Å². The van der Waals surface area contributed by atoms with Crippen molar-refractivity contribution in [1.29, 1.82) is 0 Å². The number of rotatable bonds is 4. The summed E-state index contributed by atoms with van der Waals surface area (Å²) in [5.74, 6) is 1.29. The molecule has 1 aromatic heterocycles. The maximum atomic E-state index is 12.1. The maximum absolute atomic E-state index is 12.1. The van der Waals surface area contributed by atoms with Crippen molar-refractivity contribution in [3.8, 4) is 11.5 Å². The fourth-order valence-corrected chi connectivity index (χ4v) is 3.62. The van der Waals surface area contributed by atoms with Gasteiger partial charge in [0, 0.05) is 17.3 Å². The van der Waals surface area contributed by atoms with Crippen molar-refractivity contribution in [3.63, 3.8) is 0 Å². The van der Waals surface area contributed by atoms with Crippen LogP contribution in [0, 0.1) is 0 Å². The summed E-state index contributed by atoms with van der Waals surface area (Å²) in [6.07, 6.45) is 2.58. The SMILES string of the molecule is O=C(CSc1nc2c(c(=O)[nH]1)CCC2)Nc1ccc2c(c1)OCCO2. The van der Waals surface area contributed by atoms with Crippen LogP contribution < -0.4 is 20.3 Å². The van der Waals surface area contributed by atoms with Crippen LogP contribution in [0.4, 0.5) is 5.69 Å². The highest BCUT2D eigenvalue weighted by Crippen LogP contribution is 2.32. The van der Waals surface area contributed by atoms with Gasteiger partial charge < -0.3 is 19.8 Å². The Morgan fingerprint density at radius 3 is 2.96 bits per heavy atom. The molecule has 0 spiro atoms. The number of amides is 1. The number of hydrogen-bond acceptors (Lipinski definition) is 6. The van der Waals surface area contributed by atoms with Crippen LogP contribution in [0.25, 0.3) is 0 Å². The summed E-state index contributed by atoms with van der Waals surface area (Å²) in [6, 6.07) is 5.29. The molecule has 0 bridgehead atoms. The van der Waals surface area contributed by atoms with Crippen LogP contribution in [0.15, 0.2) is 28.2 Å². The molecule has 1 amide bonds. The molecule has 1 aliphatic carbocycles. The first-order valence-corrected chi connectivity index (χ1v) is 9.12. The maximum Gasteiger partial charge on any atom is 0.254 e. The summed E-state index contributed by atoms with van der Waals surface area (Å²) in [7, 11) is 0. The van der Waals surface area contributed by atoms with Crippen LogP contribution >= 0.6 is 11.8 Å². The zero-order valence-electron chi connectivity index (χ0n) is 13.5. The number of hydrogen-bond donors (Lipinski definition) is 2. The third-order valence-corrected chi connectivity index (χ3v) is 4.96. The Morgan fingerprint density at radius 2 is 2.08 bits per heavy atom. The summed E-state index contributed by atoms with van der Waals surface area (Å²) in [6.45, 7) is 1.03. The molecular formula is C17H17N3O4S. The van der Waals surface area contributed by atoms with Crippen molar-refractivity contribution in [2.24, 2.45) is 0 Å². The van der Waals surface area contributed by atoms with E-state index in [1.165, 1.54) is 11.8 Å². The quantitative estimate of drug-likeness (QED) is 0.638. The highest BCUT2D eigenvalue weighted by Gasteiger charge is 2.18. The zero-order chi connectivity index (χ0) is 17.2. The summed E-state index contributed by atoms with van der Waals surface area (Å²) >= 11 is 1.22. The molecule has 2 aliphatic rings. The van der Waals surface area contributed by atoms with Crippen molar-refractivity contribution in [1.82, 2.24) is 9.97 Å². The number of aromatic amines is 1. The fourth-order valence-electron chi connectivity index (χ4n) is 2.94. The van der Waals surface area contributed by atoms with Gasteiger partial charge in [0.05, 0.1) is 11.4 Å². The van der Waals surface area contributed by atoms with Gasteiger partial charge in [-0.1, -0.05) is 11.8 Å². The summed E-state index contributed by atoms with van der Waals surface area (Å²) in [5.41, 5.74) is 2.20. The molecule has 7 nitrogen and oxygen atoms in total. The number of benzene rings is 1. The normalized spacial score (nSPS) is 14.9. The second kappa shape index (κ2) is 6.79. The van der Waals surface area contributed by atoms with Gasteiger partial charge in [-0.3, -0.25) is 9.59 Å². The van der Waals surface area contributed by atoms with E-state index >= 15 is 0 Å². The average molecular weight is 359 g/mol. The number of ether oxygens (including phenoxy) is 2. The topological polar surface area (TPSA) is 93.3 Å². The number of anilines is 1. The molecule has 0 saturated heterocycles. The summed E-state index contributed by atoms with van der Waals surface area (Å²) in [4.78, 5) is 31.3. The number of H-pyrrole nitrogens is 1. The Kier molecular flexibility index (Phi) is 4.35. The van der Waals surface area contributed by atoms with Crippen molar-refractivity contribution in [3.05, 3.63) is 39.8 Å². The highest BCUT2D eigenvalue weighted by molar-refractivity contribution is 7.99. The first-order chi connectivity index (χ1) is 12.2. The van der Waals surface area contributed by atoms with Gasteiger partial charge in [0.15, 0.2) is 16.7 Å². The van der Waals surface area contributed by atoms with Gasteiger partial charge in [-0.25, -0.2) is 4.98 Å². The minimum Gasteiger partial charge on any atom is -0.486 e. The molecular weight excluding hydrogens is 342 g/mol.